The third-order valence-corrected chi connectivity index (χ3v) is 4.01. The van der Waals surface area contributed by atoms with E-state index in [-0.39, 0.29) is 0 Å². The summed E-state index contributed by atoms with van der Waals surface area (Å²) in [5, 5.41) is 8.02. The summed E-state index contributed by atoms with van der Waals surface area (Å²) in [5.74, 6) is 0. The van der Waals surface area contributed by atoms with Crippen LogP contribution in [0.2, 0.25) is 0 Å². The molecular formula is C13H23N3. The Morgan fingerprint density at radius 2 is 2.06 bits per heavy atom. The van der Waals surface area contributed by atoms with Crippen molar-refractivity contribution in [2.24, 2.45) is 12.5 Å². The van der Waals surface area contributed by atoms with Gasteiger partial charge < -0.3 is 5.32 Å². The number of hydrogen-bond acceptors (Lipinski definition) is 2. The number of aromatic nitrogens is 2. The lowest BCUT2D eigenvalue weighted by Gasteiger charge is -2.40. The first kappa shape index (κ1) is 11.6. The molecule has 0 spiro atoms. The van der Waals surface area contributed by atoms with E-state index in [1.807, 2.05) is 17.9 Å². The summed E-state index contributed by atoms with van der Waals surface area (Å²) in [6.07, 6.45) is 8.79. The molecule has 1 heterocycles. The van der Waals surface area contributed by atoms with Gasteiger partial charge >= 0.3 is 0 Å². The predicted molar refractivity (Wildman–Crippen MR) is 66.2 cm³/mol. The molecule has 16 heavy (non-hydrogen) atoms. The third-order valence-electron chi connectivity index (χ3n) is 4.01. The van der Waals surface area contributed by atoms with Crippen molar-refractivity contribution in [3.05, 3.63) is 18.0 Å². The lowest BCUT2D eigenvalue weighted by molar-refractivity contribution is 0.147. The Morgan fingerprint density at radius 1 is 1.38 bits per heavy atom. The van der Waals surface area contributed by atoms with Crippen LogP contribution in [0, 0.1) is 5.41 Å². The van der Waals surface area contributed by atoms with E-state index in [2.05, 4.69) is 30.5 Å². The number of nitrogens with zero attached hydrogens (tertiary/aromatic N) is 2. The molecule has 90 valence electrons. The second kappa shape index (κ2) is 4.58. The molecule has 2 rings (SSSR count). The maximum Gasteiger partial charge on any atom is 0.0799 e. The first-order valence-electron chi connectivity index (χ1n) is 6.32. The van der Waals surface area contributed by atoms with Gasteiger partial charge in [0, 0.05) is 13.2 Å². The topological polar surface area (TPSA) is 29.9 Å². The summed E-state index contributed by atoms with van der Waals surface area (Å²) >= 11 is 0. The smallest absolute Gasteiger partial charge is 0.0799 e. The fourth-order valence-electron chi connectivity index (χ4n) is 3.09. The number of rotatable bonds is 3. The van der Waals surface area contributed by atoms with Gasteiger partial charge in [0.15, 0.2) is 0 Å². The van der Waals surface area contributed by atoms with E-state index in [4.69, 9.17) is 0 Å². The minimum absolute atomic E-state index is 0.376. The highest BCUT2D eigenvalue weighted by Gasteiger charge is 2.36. The van der Waals surface area contributed by atoms with Crippen LogP contribution >= 0.6 is 0 Å². The monoisotopic (exact) mass is 221 g/mol. The zero-order valence-electron chi connectivity index (χ0n) is 10.7. The van der Waals surface area contributed by atoms with Crippen LogP contribution in [0.5, 0.6) is 0 Å². The van der Waals surface area contributed by atoms with E-state index in [9.17, 15) is 0 Å². The maximum absolute atomic E-state index is 4.56. The van der Waals surface area contributed by atoms with Crippen molar-refractivity contribution in [3.8, 4) is 0 Å². The minimum Gasteiger partial charge on any atom is -0.311 e. The van der Waals surface area contributed by atoms with E-state index < -0.39 is 0 Å². The maximum atomic E-state index is 4.56. The third kappa shape index (κ3) is 2.14. The van der Waals surface area contributed by atoms with Gasteiger partial charge in [-0.25, -0.2) is 0 Å². The normalized spacial score (nSPS) is 21.9. The number of nitrogens with one attached hydrogen (secondary N) is 1. The zero-order valence-corrected chi connectivity index (χ0v) is 10.7. The molecule has 0 amide bonds. The van der Waals surface area contributed by atoms with Gasteiger partial charge in [0.1, 0.15) is 0 Å². The largest absolute Gasteiger partial charge is 0.311 e. The molecule has 1 fully saturated rings. The van der Waals surface area contributed by atoms with Gasteiger partial charge in [0.2, 0.25) is 0 Å². The fraction of sp³-hybridized carbons (Fsp3) is 0.769. The quantitative estimate of drug-likeness (QED) is 0.850. The molecule has 1 atom stereocenters. The summed E-state index contributed by atoms with van der Waals surface area (Å²) in [7, 11) is 4.04. The molecule has 1 unspecified atom stereocenters. The Kier molecular flexibility index (Phi) is 3.33. The highest BCUT2D eigenvalue weighted by molar-refractivity contribution is 5.10. The molecule has 1 N–H and O–H groups in total. The van der Waals surface area contributed by atoms with E-state index in [1.54, 1.807) is 0 Å². The van der Waals surface area contributed by atoms with Crippen LogP contribution in [-0.4, -0.2) is 16.8 Å². The van der Waals surface area contributed by atoms with Gasteiger partial charge in [-0.05, 0) is 31.4 Å². The van der Waals surface area contributed by atoms with Gasteiger partial charge in [-0.3, -0.25) is 4.68 Å². The Hall–Kier alpha value is -0.830. The van der Waals surface area contributed by atoms with Crippen molar-refractivity contribution in [2.45, 2.75) is 45.1 Å². The van der Waals surface area contributed by atoms with Crippen LogP contribution in [0.1, 0.15) is 50.8 Å². The lowest BCUT2D eigenvalue weighted by atomic mass is 9.69. The Balaban J connectivity index is 2.20. The van der Waals surface area contributed by atoms with Crippen LogP contribution in [0.15, 0.2) is 12.3 Å². The highest BCUT2D eigenvalue weighted by Crippen LogP contribution is 2.44. The van der Waals surface area contributed by atoms with Crippen LogP contribution in [0.25, 0.3) is 0 Å². The molecule has 1 aromatic heterocycles. The molecule has 1 aliphatic rings. The first-order valence-corrected chi connectivity index (χ1v) is 6.32. The molecular weight excluding hydrogens is 198 g/mol. The molecule has 0 saturated heterocycles. The van der Waals surface area contributed by atoms with Crippen LogP contribution in [0.3, 0.4) is 0 Å². The van der Waals surface area contributed by atoms with Crippen LogP contribution in [-0.2, 0) is 7.05 Å². The molecule has 0 aromatic carbocycles. The fourth-order valence-corrected chi connectivity index (χ4v) is 3.09. The van der Waals surface area contributed by atoms with E-state index >= 15 is 0 Å². The second-order valence-electron chi connectivity index (χ2n) is 5.35. The van der Waals surface area contributed by atoms with Crippen molar-refractivity contribution >= 4 is 0 Å². The lowest BCUT2D eigenvalue weighted by Crippen LogP contribution is -2.36. The van der Waals surface area contributed by atoms with Crippen molar-refractivity contribution in [3.63, 3.8) is 0 Å². The molecule has 1 aliphatic carbocycles. The summed E-state index contributed by atoms with van der Waals surface area (Å²) in [6.45, 7) is 2.40. The predicted octanol–water partition coefficient (Wildman–Crippen LogP) is 2.65. The molecule has 3 heteroatoms. The Labute approximate surface area is 98.2 Å². The molecule has 0 bridgehead atoms. The highest BCUT2D eigenvalue weighted by atomic mass is 15.3. The number of hydrogen-bond donors (Lipinski definition) is 1. The molecule has 1 aromatic rings. The molecule has 0 radical (unpaired) electrons. The van der Waals surface area contributed by atoms with E-state index in [0.717, 1.165) is 0 Å². The average molecular weight is 221 g/mol. The first-order chi connectivity index (χ1) is 7.65. The summed E-state index contributed by atoms with van der Waals surface area (Å²) < 4.78 is 1.89. The van der Waals surface area contributed by atoms with Gasteiger partial charge in [-0.15, -0.1) is 0 Å². The summed E-state index contributed by atoms with van der Waals surface area (Å²) in [4.78, 5) is 0. The van der Waals surface area contributed by atoms with Crippen molar-refractivity contribution in [1.82, 2.24) is 15.1 Å². The van der Waals surface area contributed by atoms with E-state index in [0.29, 0.717) is 11.5 Å². The van der Waals surface area contributed by atoms with Gasteiger partial charge in [0.25, 0.3) is 0 Å². The zero-order chi connectivity index (χ0) is 11.6. The second-order valence-corrected chi connectivity index (χ2v) is 5.35. The Bertz CT molecular complexity index is 337. The SMILES string of the molecule is CNC(c1ccn(C)n1)C1(C)CCCCC1. The van der Waals surface area contributed by atoms with Crippen molar-refractivity contribution in [2.75, 3.05) is 7.05 Å². The summed E-state index contributed by atoms with van der Waals surface area (Å²) in [6, 6.07) is 2.54. The van der Waals surface area contributed by atoms with Crippen molar-refractivity contribution < 1.29 is 0 Å². The number of aryl methyl sites for hydroxylation is 1. The molecule has 0 aliphatic heterocycles. The molecule has 3 nitrogen and oxygen atoms in total. The van der Waals surface area contributed by atoms with Crippen LogP contribution < -0.4 is 5.32 Å². The van der Waals surface area contributed by atoms with Crippen molar-refractivity contribution in [1.29, 1.82) is 0 Å². The van der Waals surface area contributed by atoms with E-state index in [1.165, 1.54) is 37.8 Å². The van der Waals surface area contributed by atoms with Gasteiger partial charge in [0.05, 0.1) is 11.7 Å². The Morgan fingerprint density at radius 3 is 2.56 bits per heavy atom. The summed E-state index contributed by atoms with van der Waals surface area (Å²) in [5.41, 5.74) is 1.57. The standard InChI is InChI=1S/C13H23N3/c1-13(8-5-4-6-9-13)12(14-2)11-7-10-16(3)15-11/h7,10,12,14H,4-6,8-9H2,1-3H3. The average Bonchev–Trinajstić information content (AvgIpc) is 2.66. The minimum atomic E-state index is 0.376. The molecule has 1 saturated carbocycles. The van der Waals surface area contributed by atoms with Gasteiger partial charge in [-0.2, -0.15) is 5.10 Å². The van der Waals surface area contributed by atoms with Gasteiger partial charge in [-0.1, -0.05) is 26.2 Å². The van der Waals surface area contributed by atoms with Crippen LogP contribution in [0.4, 0.5) is 0 Å².